The van der Waals surface area contributed by atoms with E-state index < -0.39 is 11.6 Å². The van der Waals surface area contributed by atoms with Gasteiger partial charge < -0.3 is 24.2 Å². The highest BCUT2D eigenvalue weighted by Gasteiger charge is 2.32. The van der Waals surface area contributed by atoms with Gasteiger partial charge in [0.15, 0.2) is 11.5 Å². The maximum absolute atomic E-state index is 12.2. The van der Waals surface area contributed by atoms with E-state index >= 15 is 0 Å². The number of nitriles is 1. The quantitative estimate of drug-likeness (QED) is 0.184. The van der Waals surface area contributed by atoms with Crippen LogP contribution in [-0.4, -0.2) is 87.4 Å². The predicted octanol–water partition coefficient (Wildman–Crippen LogP) is 5.88. The second-order valence-corrected chi connectivity index (χ2v) is 13.6. The summed E-state index contributed by atoms with van der Waals surface area (Å²) in [5.41, 5.74) is 6.08. The summed E-state index contributed by atoms with van der Waals surface area (Å²) < 4.78 is 7.71. The van der Waals surface area contributed by atoms with E-state index in [9.17, 15) is 10.1 Å². The Labute approximate surface area is 297 Å². The number of aromatic nitrogens is 4. The van der Waals surface area contributed by atoms with E-state index in [1.54, 1.807) is 12.1 Å². The SMILES string of the molecule is CC.CC=O.CN1CCc2c(c(N3CCCc4cc(C#N)ccc43)nn2C2CCN(CCC#Cc3ccc(C(=O)OC(C)(C)C)nn3)CC2)C1. The van der Waals surface area contributed by atoms with E-state index in [2.05, 4.69) is 60.6 Å². The standard InChI is InChI=1S/C35H42N8O2.C2H4O.C2H6/c1-35(2,3)45-34(44)30-12-11-27(37-38-30)9-5-6-17-41-20-14-28(15-21-41)43-32-16-19-40(4)24-29(32)33(39-43)42-18-7-8-26-22-25(23-36)10-13-31(26)42;1-2-3;1-2/h10-13,22,28H,6-8,14-21,24H2,1-4H3;2H,1H3;1-2H3. The monoisotopic (exact) mass is 680 g/mol. The molecule has 3 aliphatic rings. The summed E-state index contributed by atoms with van der Waals surface area (Å²) in [5.74, 6) is 6.92. The molecule has 0 aliphatic carbocycles. The van der Waals surface area contributed by atoms with Crippen molar-refractivity contribution in [3.63, 3.8) is 0 Å². The van der Waals surface area contributed by atoms with Crippen LogP contribution in [0, 0.1) is 23.2 Å². The molecule has 5 heterocycles. The van der Waals surface area contributed by atoms with E-state index in [1.165, 1.54) is 29.4 Å². The number of esters is 1. The number of aryl methyl sites for hydroxylation is 1. The molecular formula is C39H52N8O3. The molecule has 6 rings (SSSR count). The molecule has 1 saturated heterocycles. The lowest BCUT2D eigenvalue weighted by atomic mass is 9.98. The zero-order chi connectivity index (χ0) is 36.3. The lowest BCUT2D eigenvalue weighted by molar-refractivity contribution is -0.106. The Morgan fingerprint density at radius 3 is 2.46 bits per heavy atom. The second-order valence-electron chi connectivity index (χ2n) is 13.6. The Bertz CT molecular complexity index is 1700. The number of rotatable bonds is 5. The summed E-state index contributed by atoms with van der Waals surface area (Å²) in [6.07, 6.45) is 6.71. The Morgan fingerprint density at radius 2 is 1.80 bits per heavy atom. The fraction of sp³-hybridized carbons (Fsp3) is 0.538. The van der Waals surface area contributed by atoms with Gasteiger partial charge in [0.1, 0.15) is 17.6 Å². The van der Waals surface area contributed by atoms with E-state index in [1.807, 2.05) is 46.8 Å². The topological polar surface area (TPSA) is 120 Å². The fourth-order valence-electron chi connectivity index (χ4n) is 6.56. The number of carbonyl (C=O) groups is 2. The molecule has 11 nitrogen and oxygen atoms in total. The van der Waals surface area contributed by atoms with E-state index in [-0.39, 0.29) is 5.69 Å². The van der Waals surface area contributed by atoms with Gasteiger partial charge in [0.25, 0.3) is 0 Å². The number of likely N-dealkylation sites (tertiary alicyclic amines) is 1. The van der Waals surface area contributed by atoms with Crippen LogP contribution in [0.2, 0.25) is 0 Å². The molecule has 0 radical (unpaired) electrons. The van der Waals surface area contributed by atoms with Crippen molar-refractivity contribution < 1.29 is 14.3 Å². The van der Waals surface area contributed by atoms with Crippen LogP contribution < -0.4 is 4.90 Å². The average molecular weight is 681 g/mol. The van der Waals surface area contributed by atoms with Crippen LogP contribution in [0.4, 0.5) is 11.5 Å². The van der Waals surface area contributed by atoms with Gasteiger partial charge in [-0.2, -0.15) is 10.4 Å². The number of fused-ring (bicyclic) bond motifs is 2. The number of nitrogens with zero attached hydrogens (tertiary/aromatic N) is 8. The van der Waals surface area contributed by atoms with Crippen LogP contribution in [0.5, 0.6) is 0 Å². The largest absolute Gasteiger partial charge is 0.455 e. The summed E-state index contributed by atoms with van der Waals surface area (Å²) in [5, 5.41) is 22.8. The zero-order valence-electron chi connectivity index (χ0n) is 30.8. The molecule has 50 heavy (non-hydrogen) atoms. The smallest absolute Gasteiger partial charge is 0.359 e. The molecule has 3 aliphatic heterocycles. The van der Waals surface area contributed by atoms with Crippen LogP contribution in [0.1, 0.15) is 112 Å². The van der Waals surface area contributed by atoms with Crippen molar-refractivity contribution in [3.8, 4) is 17.9 Å². The van der Waals surface area contributed by atoms with Crippen molar-refractivity contribution in [1.29, 1.82) is 5.26 Å². The first-order valence-electron chi connectivity index (χ1n) is 17.9. The van der Waals surface area contributed by atoms with Crippen molar-refractivity contribution in [3.05, 3.63) is 64.1 Å². The molecule has 0 unspecified atom stereocenters. The molecule has 0 atom stereocenters. The third-order valence-electron chi connectivity index (χ3n) is 8.78. The van der Waals surface area contributed by atoms with Gasteiger partial charge in [0, 0.05) is 69.1 Å². The molecule has 0 bridgehead atoms. The number of hydrogen-bond acceptors (Lipinski definition) is 10. The molecule has 1 fully saturated rings. The van der Waals surface area contributed by atoms with E-state index in [0.717, 1.165) is 95.5 Å². The van der Waals surface area contributed by atoms with Crippen molar-refractivity contribution in [2.45, 2.75) is 98.3 Å². The van der Waals surface area contributed by atoms with E-state index in [0.29, 0.717) is 11.7 Å². The number of carbonyl (C=O) groups excluding carboxylic acids is 2. The van der Waals surface area contributed by atoms with Gasteiger partial charge in [0.2, 0.25) is 0 Å². The van der Waals surface area contributed by atoms with Crippen LogP contribution in [0.15, 0.2) is 30.3 Å². The van der Waals surface area contributed by atoms with E-state index in [4.69, 9.17) is 14.6 Å². The molecule has 0 amide bonds. The molecule has 0 N–H and O–H groups in total. The molecule has 0 spiro atoms. The number of piperidine rings is 1. The van der Waals surface area contributed by atoms with Gasteiger partial charge in [-0.3, -0.25) is 4.68 Å². The predicted molar refractivity (Wildman–Crippen MR) is 195 cm³/mol. The third-order valence-corrected chi connectivity index (χ3v) is 8.78. The second kappa shape index (κ2) is 17.9. The Balaban J connectivity index is 0.00000107. The molecule has 266 valence electrons. The maximum Gasteiger partial charge on any atom is 0.359 e. The minimum atomic E-state index is -0.575. The number of benzene rings is 1. The zero-order valence-corrected chi connectivity index (χ0v) is 30.8. The first kappa shape index (κ1) is 38.2. The molecule has 2 aromatic heterocycles. The number of anilines is 2. The molecular weight excluding hydrogens is 628 g/mol. The molecule has 0 saturated carbocycles. The van der Waals surface area contributed by atoms with Gasteiger partial charge >= 0.3 is 5.97 Å². The van der Waals surface area contributed by atoms with Gasteiger partial charge in [-0.25, -0.2) is 4.79 Å². The van der Waals surface area contributed by atoms with Crippen LogP contribution in [0.3, 0.4) is 0 Å². The summed E-state index contributed by atoms with van der Waals surface area (Å²) >= 11 is 0. The van der Waals surface area contributed by atoms with Crippen LogP contribution in [-0.2, 0) is 28.9 Å². The first-order valence-corrected chi connectivity index (χ1v) is 17.9. The fourth-order valence-corrected chi connectivity index (χ4v) is 6.56. The minimum absolute atomic E-state index is 0.186. The van der Waals surface area contributed by atoms with Crippen molar-refractivity contribution in [2.24, 2.45) is 0 Å². The van der Waals surface area contributed by atoms with Gasteiger partial charge in [-0.15, -0.1) is 10.2 Å². The highest BCUT2D eigenvalue weighted by atomic mass is 16.6. The van der Waals surface area contributed by atoms with Gasteiger partial charge in [-0.05, 0) is 102 Å². The number of ether oxygens (including phenoxy) is 1. The summed E-state index contributed by atoms with van der Waals surface area (Å²) in [4.78, 5) is 28.2. The number of likely N-dealkylation sites (N-methyl/N-ethyl adjacent to an activating group) is 1. The third kappa shape index (κ3) is 9.77. The highest BCUT2D eigenvalue weighted by molar-refractivity contribution is 5.87. The summed E-state index contributed by atoms with van der Waals surface area (Å²) in [6, 6.07) is 12.1. The van der Waals surface area contributed by atoms with Gasteiger partial charge in [-0.1, -0.05) is 19.8 Å². The van der Waals surface area contributed by atoms with Crippen molar-refractivity contribution in [2.75, 3.05) is 44.7 Å². The molecule has 3 aromatic rings. The number of hydrogen-bond donors (Lipinski definition) is 0. The summed E-state index contributed by atoms with van der Waals surface area (Å²) in [6.45, 7) is 16.8. The highest BCUT2D eigenvalue weighted by Crippen LogP contribution is 2.39. The van der Waals surface area contributed by atoms with Crippen molar-refractivity contribution >= 4 is 23.8 Å². The Morgan fingerprint density at radius 1 is 1.06 bits per heavy atom. The first-order chi connectivity index (χ1) is 24.1. The lowest BCUT2D eigenvalue weighted by Crippen LogP contribution is -2.36. The minimum Gasteiger partial charge on any atom is -0.455 e. The van der Waals surface area contributed by atoms with Crippen LogP contribution in [0.25, 0.3) is 0 Å². The van der Waals surface area contributed by atoms with Gasteiger partial charge in [0.05, 0.1) is 17.7 Å². The van der Waals surface area contributed by atoms with Crippen LogP contribution >= 0.6 is 0 Å². The Hall–Kier alpha value is -4.58. The maximum atomic E-state index is 12.2. The lowest BCUT2D eigenvalue weighted by Gasteiger charge is -2.33. The normalized spacial score (nSPS) is 16.2. The summed E-state index contributed by atoms with van der Waals surface area (Å²) in [7, 11) is 2.19. The Kier molecular flexibility index (Phi) is 13.7. The average Bonchev–Trinajstić information content (AvgIpc) is 3.49. The molecule has 11 heteroatoms. The van der Waals surface area contributed by atoms with Crippen molar-refractivity contribution in [1.82, 2.24) is 29.8 Å². The molecule has 1 aromatic carbocycles. The number of aldehydes is 1.